The van der Waals surface area contributed by atoms with Crippen molar-refractivity contribution >= 4 is 0 Å². The van der Waals surface area contributed by atoms with Crippen LogP contribution in [0.5, 0.6) is 0 Å². The highest BCUT2D eigenvalue weighted by atomic mass is 16.5. The molecule has 1 saturated heterocycles. The first kappa shape index (κ1) is 13.6. The lowest BCUT2D eigenvalue weighted by Crippen LogP contribution is -2.36. The maximum atomic E-state index is 6.52. The molecule has 0 saturated carbocycles. The molecule has 1 aliphatic rings. The summed E-state index contributed by atoms with van der Waals surface area (Å²) < 4.78 is 5.41. The van der Waals surface area contributed by atoms with Crippen LogP contribution in [0.25, 0.3) is 0 Å². The Morgan fingerprint density at radius 2 is 1.83 bits per heavy atom. The second-order valence-electron chi connectivity index (χ2n) is 5.73. The lowest BCUT2D eigenvalue weighted by Gasteiger charge is -2.32. The van der Waals surface area contributed by atoms with Gasteiger partial charge in [0, 0.05) is 18.8 Å². The topological polar surface area (TPSA) is 35.2 Å². The predicted molar refractivity (Wildman–Crippen MR) is 75.5 cm³/mol. The fraction of sp³-hybridized carbons (Fsp3) is 0.625. The lowest BCUT2D eigenvalue weighted by atomic mass is 9.81. The Morgan fingerprint density at radius 1 is 1.22 bits per heavy atom. The Balaban J connectivity index is 2.03. The molecule has 2 heteroatoms. The van der Waals surface area contributed by atoms with Crippen LogP contribution in [0.3, 0.4) is 0 Å². The molecule has 1 atom stereocenters. The van der Waals surface area contributed by atoms with Gasteiger partial charge in [-0.3, -0.25) is 0 Å². The minimum Gasteiger partial charge on any atom is -0.381 e. The Labute approximate surface area is 111 Å². The largest absolute Gasteiger partial charge is 0.381 e. The zero-order valence-corrected chi connectivity index (χ0v) is 11.6. The van der Waals surface area contributed by atoms with Crippen LogP contribution in [0.4, 0.5) is 0 Å². The maximum Gasteiger partial charge on any atom is 0.0468 e. The van der Waals surface area contributed by atoms with Crippen molar-refractivity contribution in [3.63, 3.8) is 0 Å². The number of hydrogen-bond acceptors (Lipinski definition) is 2. The van der Waals surface area contributed by atoms with Gasteiger partial charge in [-0.15, -0.1) is 0 Å². The van der Waals surface area contributed by atoms with Gasteiger partial charge >= 0.3 is 0 Å². The maximum absolute atomic E-state index is 6.52. The summed E-state index contributed by atoms with van der Waals surface area (Å²) in [5.41, 5.74) is 8.94. The molecule has 1 aliphatic heterocycles. The summed E-state index contributed by atoms with van der Waals surface area (Å²) in [4.78, 5) is 0. The molecule has 0 bridgehead atoms. The summed E-state index contributed by atoms with van der Waals surface area (Å²) >= 11 is 0. The highest BCUT2D eigenvalue weighted by Gasteiger charge is 2.26. The van der Waals surface area contributed by atoms with Gasteiger partial charge in [-0.1, -0.05) is 31.2 Å². The van der Waals surface area contributed by atoms with E-state index in [2.05, 4.69) is 38.1 Å². The molecule has 0 amide bonds. The Kier molecular flexibility index (Phi) is 4.41. The minimum absolute atomic E-state index is 0.214. The summed E-state index contributed by atoms with van der Waals surface area (Å²) in [6, 6.07) is 8.78. The molecule has 0 radical (unpaired) electrons. The highest BCUT2D eigenvalue weighted by Crippen LogP contribution is 2.30. The molecule has 1 heterocycles. The summed E-state index contributed by atoms with van der Waals surface area (Å²) in [6.45, 7) is 6.13. The van der Waals surface area contributed by atoms with Gasteiger partial charge in [0.05, 0.1) is 0 Å². The van der Waals surface area contributed by atoms with Gasteiger partial charge in [-0.2, -0.15) is 0 Å². The first-order valence-electron chi connectivity index (χ1n) is 7.08. The molecule has 1 unspecified atom stereocenters. The molecule has 1 aromatic rings. The van der Waals surface area contributed by atoms with Crippen LogP contribution < -0.4 is 5.73 Å². The molecule has 2 rings (SSSR count). The van der Waals surface area contributed by atoms with E-state index in [-0.39, 0.29) is 5.54 Å². The molecule has 18 heavy (non-hydrogen) atoms. The smallest absolute Gasteiger partial charge is 0.0468 e. The van der Waals surface area contributed by atoms with E-state index in [0.29, 0.717) is 5.92 Å². The summed E-state index contributed by atoms with van der Waals surface area (Å²) in [7, 11) is 0. The molecular formula is C16H25NO. The van der Waals surface area contributed by atoms with Crippen molar-refractivity contribution in [1.29, 1.82) is 0 Å². The summed E-state index contributed by atoms with van der Waals surface area (Å²) in [5, 5.41) is 0. The standard InChI is InChI=1S/C16H25NO/c1-3-13-4-6-15(7-5-13)16(2,17)12-14-8-10-18-11-9-14/h4-7,14H,3,8-12,17H2,1-2H3. The average molecular weight is 247 g/mol. The quantitative estimate of drug-likeness (QED) is 0.886. The first-order valence-corrected chi connectivity index (χ1v) is 7.08. The van der Waals surface area contributed by atoms with Crippen LogP contribution in [0.1, 0.15) is 44.2 Å². The van der Waals surface area contributed by atoms with Gasteiger partial charge in [0.2, 0.25) is 0 Å². The fourth-order valence-corrected chi connectivity index (χ4v) is 2.79. The van der Waals surface area contributed by atoms with Gasteiger partial charge < -0.3 is 10.5 Å². The monoisotopic (exact) mass is 247 g/mol. The van der Waals surface area contributed by atoms with Crippen molar-refractivity contribution in [2.45, 2.75) is 45.1 Å². The van der Waals surface area contributed by atoms with Gasteiger partial charge in [-0.05, 0) is 49.7 Å². The minimum atomic E-state index is -0.214. The molecule has 2 nitrogen and oxygen atoms in total. The van der Waals surface area contributed by atoms with Gasteiger partial charge in [-0.25, -0.2) is 0 Å². The number of rotatable bonds is 4. The van der Waals surface area contributed by atoms with E-state index in [1.54, 1.807) is 0 Å². The molecule has 1 fully saturated rings. The Bertz CT molecular complexity index is 363. The molecule has 0 aromatic heterocycles. The number of aryl methyl sites for hydroxylation is 1. The molecule has 0 spiro atoms. The van der Waals surface area contributed by atoms with E-state index in [9.17, 15) is 0 Å². The van der Waals surface area contributed by atoms with E-state index in [1.165, 1.54) is 11.1 Å². The van der Waals surface area contributed by atoms with Gasteiger partial charge in [0.15, 0.2) is 0 Å². The molecule has 2 N–H and O–H groups in total. The normalized spacial score (nSPS) is 20.6. The van der Waals surface area contributed by atoms with Crippen LogP contribution in [0.2, 0.25) is 0 Å². The van der Waals surface area contributed by atoms with E-state index in [4.69, 9.17) is 10.5 Å². The fourth-order valence-electron chi connectivity index (χ4n) is 2.79. The van der Waals surface area contributed by atoms with Crippen molar-refractivity contribution < 1.29 is 4.74 Å². The zero-order valence-electron chi connectivity index (χ0n) is 11.6. The van der Waals surface area contributed by atoms with E-state index in [0.717, 1.165) is 38.9 Å². The Morgan fingerprint density at radius 3 is 2.39 bits per heavy atom. The number of nitrogens with two attached hydrogens (primary N) is 1. The van der Waals surface area contributed by atoms with Crippen LogP contribution in [-0.2, 0) is 16.7 Å². The van der Waals surface area contributed by atoms with Crippen molar-refractivity contribution in [2.75, 3.05) is 13.2 Å². The summed E-state index contributed by atoms with van der Waals surface area (Å²) in [6.07, 6.45) is 4.45. The van der Waals surface area contributed by atoms with Crippen molar-refractivity contribution in [2.24, 2.45) is 11.7 Å². The molecule has 0 aliphatic carbocycles. The average Bonchev–Trinajstić information content (AvgIpc) is 2.39. The van der Waals surface area contributed by atoms with Crippen LogP contribution >= 0.6 is 0 Å². The van der Waals surface area contributed by atoms with E-state index < -0.39 is 0 Å². The lowest BCUT2D eigenvalue weighted by molar-refractivity contribution is 0.0570. The van der Waals surface area contributed by atoms with Crippen molar-refractivity contribution in [1.82, 2.24) is 0 Å². The van der Waals surface area contributed by atoms with E-state index >= 15 is 0 Å². The molecule has 1 aromatic carbocycles. The zero-order chi connectivity index (χ0) is 13.0. The second-order valence-corrected chi connectivity index (χ2v) is 5.73. The van der Waals surface area contributed by atoms with Crippen LogP contribution in [0.15, 0.2) is 24.3 Å². The Hall–Kier alpha value is -0.860. The van der Waals surface area contributed by atoms with Crippen molar-refractivity contribution in [3.8, 4) is 0 Å². The third kappa shape index (κ3) is 3.33. The molecular weight excluding hydrogens is 222 g/mol. The second kappa shape index (κ2) is 5.85. The van der Waals surface area contributed by atoms with Gasteiger partial charge in [0.25, 0.3) is 0 Å². The SMILES string of the molecule is CCc1ccc(C(C)(N)CC2CCOCC2)cc1. The number of hydrogen-bond donors (Lipinski definition) is 1. The van der Waals surface area contributed by atoms with E-state index in [1.807, 2.05) is 0 Å². The van der Waals surface area contributed by atoms with Crippen molar-refractivity contribution in [3.05, 3.63) is 35.4 Å². The third-order valence-electron chi connectivity index (χ3n) is 4.08. The van der Waals surface area contributed by atoms with Gasteiger partial charge in [0.1, 0.15) is 0 Å². The number of benzene rings is 1. The third-order valence-corrected chi connectivity index (χ3v) is 4.08. The first-order chi connectivity index (χ1) is 8.62. The van der Waals surface area contributed by atoms with Crippen LogP contribution in [0, 0.1) is 5.92 Å². The number of ether oxygens (including phenoxy) is 1. The highest BCUT2D eigenvalue weighted by molar-refractivity contribution is 5.27. The van der Waals surface area contributed by atoms with Crippen LogP contribution in [-0.4, -0.2) is 13.2 Å². The predicted octanol–water partition coefficient (Wildman–Crippen LogP) is 3.24. The summed E-state index contributed by atoms with van der Waals surface area (Å²) in [5.74, 6) is 0.708. The molecule has 100 valence electrons.